The van der Waals surface area contributed by atoms with E-state index >= 15 is 0 Å². The second-order valence-corrected chi connectivity index (χ2v) is 6.98. The van der Waals surface area contributed by atoms with Crippen LogP contribution in [0.2, 0.25) is 0 Å². The van der Waals surface area contributed by atoms with E-state index in [1.165, 1.54) is 6.07 Å². The first-order valence-corrected chi connectivity index (χ1v) is 8.39. The maximum atomic E-state index is 13.7. The first kappa shape index (κ1) is 15.4. The van der Waals surface area contributed by atoms with Crippen molar-refractivity contribution in [3.63, 3.8) is 0 Å². The van der Waals surface area contributed by atoms with E-state index in [1.54, 1.807) is 25.1 Å². The second kappa shape index (κ2) is 6.65. The first-order chi connectivity index (χ1) is 9.54. The van der Waals surface area contributed by atoms with Crippen molar-refractivity contribution in [1.82, 2.24) is 4.72 Å². The van der Waals surface area contributed by atoms with Crippen molar-refractivity contribution in [2.24, 2.45) is 5.92 Å². The molecule has 0 bridgehead atoms. The van der Waals surface area contributed by atoms with Crippen molar-refractivity contribution in [1.29, 1.82) is 0 Å². The Morgan fingerprint density at radius 2 is 2.15 bits per heavy atom. The van der Waals surface area contributed by atoms with Crippen LogP contribution in [0.15, 0.2) is 24.3 Å². The molecule has 20 heavy (non-hydrogen) atoms. The van der Waals surface area contributed by atoms with Crippen molar-refractivity contribution >= 4 is 10.0 Å². The number of rotatable bonds is 5. The van der Waals surface area contributed by atoms with Crippen molar-refractivity contribution in [2.45, 2.75) is 25.0 Å². The maximum Gasteiger partial charge on any atom is 0.214 e. The molecule has 112 valence electrons. The minimum Gasteiger partial charge on any atom is -0.381 e. The Kier molecular flexibility index (Phi) is 5.12. The summed E-state index contributed by atoms with van der Waals surface area (Å²) in [4.78, 5) is 0. The molecule has 1 aromatic carbocycles. The Balaban J connectivity index is 2.18. The van der Waals surface area contributed by atoms with E-state index in [1.807, 2.05) is 0 Å². The highest BCUT2D eigenvalue weighted by atomic mass is 32.2. The minimum atomic E-state index is -3.37. The number of halogens is 1. The van der Waals surface area contributed by atoms with Gasteiger partial charge in [-0.2, -0.15) is 0 Å². The molecule has 1 aromatic rings. The molecule has 0 radical (unpaired) electrons. The number of hydrogen-bond donors (Lipinski definition) is 1. The highest BCUT2D eigenvalue weighted by Crippen LogP contribution is 2.25. The van der Waals surface area contributed by atoms with Crippen LogP contribution in [-0.4, -0.2) is 33.4 Å². The van der Waals surface area contributed by atoms with Gasteiger partial charge in [-0.05, 0) is 24.5 Å². The quantitative estimate of drug-likeness (QED) is 0.901. The fraction of sp³-hybridized carbons (Fsp3) is 0.571. The van der Waals surface area contributed by atoms with Crippen LogP contribution in [0.5, 0.6) is 0 Å². The van der Waals surface area contributed by atoms with E-state index in [2.05, 4.69) is 4.72 Å². The maximum absolute atomic E-state index is 13.7. The van der Waals surface area contributed by atoms with Gasteiger partial charge >= 0.3 is 0 Å². The van der Waals surface area contributed by atoms with Gasteiger partial charge in [0.25, 0.3) is 0 Å². The van der Waals surface area contributed by atoms with Gasteiger partial charge in [0.05, 0.1) is 11.9 Å². The molecule has 0 spiro atoms. The summed E-state index contributed by atoms with van der Waals surface area (Å²) in [5, 5.41) is -0.518. The van der Waals surface area contributed by atoms with Gasteiger partial charge in [0, 0.05) is 19.1 Å². The highest BCUT2D eigenvalue weighted by Gasteiger charge is 2.36. The zero-order valence-electron chi connectivity index (χ0n) is 11.5. The molecule has 1 saturated heterocycles. The van der Waals surface area contributed by atoms with Crippen LogP contribution < -0.4 is 4.72 Å². The number of ether oxygens (including phenoxy) is 1. The Hall–Kier alpha value is -0.980. The van der Waals surface area contributed by atoms with Crippen molar-refractivity contribution < 1.29 is 17.5 Å². The lowest BCUT2D eigenvalue weighted by atomic mass is 9.93. The lowest BCUT2D eigenvalue weighted by Gasteiger charge is -2.31. The number of hydrogen-bond acceptors (Lipinski definition) is 3. The highest BCUT2D eigenvalue weighted by molar-refractivity contribution is 7.90. The average Bonchev–Trinajstić information content (AvgIpc) is 2.42. The normalized spacial score (nSPS) is 23.7. The predicted molar refractivity (Wildman–Crippen MR) is 75.4 cm³/mol. The summed E-state index contributed by atoms with van der Waals surface area (Å²) >= 11 is 0. The monoisotopic (exact) mass is 301 g/mol. The van der Waals surface area contributed by atoms with Crippen LogP contribution in [0.3, 0.4) is 0 Å². The molecule has 1 fully saturated rings. The molecular formula is C14H20FNO3S. The fourth-order valence-electron chi connectivity index (χ4n) is 2.63. The predicted octanol–water partition coefficient (Wildman–Crippen LogP) is 1.71. The topological polar surface area (TPSA) is 55.4 Å². The second-order valence-electron chi connectivity index (χ2n) is 5.00. The Bertz CT molecular complexity index is 547. The number of nitrogens with one attached hydrogen (secondary N) is 1. The molecule has 1 N–H and O–H groups in total. The zero-order valence-corrected chi connectivity index (χ0v) is 12.3. The summed E-state index contributed by atoms with van der Waals surface area (Å²) in [5.74, 6) is -0.512. The third-order valence-electron chi connectivity index (χ3n) is 3.59. The summed E-state index contributed by atoms with van der Waals surface area (Å²) in [6, 6.07) is 6.48. The van der Waals surface area contributed by atoms with E-state index in [0.717, 1.165) is 0 Å². The van der Waals surface area contributed by atoms with Gasteiger partial charge in [-0.15, -0.1) is 0 Å². The van der Waals surface area contributed by atoms with Gasteiger partial charge in [0.2, 0.25) is 10.0 Å². The smallest absolute Gasteiger partial charge is 0.214 e. The van der Waals surface area contributed by atoms with Gasteiger partial charge in [-0.3, -0.25) is 0 Å². The van der Waals surface area contributed by atoms with Crippen molar-refractivity contribution in [3.8, 4) is 0 Å². The molecule has 6 heteroatoms. The minimum absolute atomic E-state index is 0.218. The molecule has 2 rings (SSSR count). The fourth-order valence-corrected chi connectivity index (χ4v) is 4.34. The molecular weight excluding hydrogens is 281 g/mol. The van der Waals surface area contributed by atoms with E-state index in [4.69, 9.17) is 4.74 Å². The van der Waals surface area contributed by atoms with Crippen LogP contribution in [0.4, 0.5) is 4.39 Å². The Morgan fingerprint density at radius 1 is 1.40 bits per heavy atom. The molecule has 0 aliphatic carbocycles. The summed E-state index contributed by atoms with van der Waals surface area (Å²) in [7, 11) is -3.37. The lowest BCUT2D eigenvalue weighted by molar-refractivity contribution is 0.0567. The van der Waals surface area contributed by atoms with Crippen LogP contribution in [0.1, 0.15) is 18.9 Å². The van der Waals surface area contributed by atoms with Crippen molar-refractivity contribution in [3.05, 3.63) is 35.6 Å². The third kappa shape index (κ3) is 3.56. The molecule has 1 aliphatic rings. The van der Waals surface area contributed by atoms with E-state index < -0.39 is 15.3 Å². The third-order valence-corrected chi connectivity index (χ3v) is 5.70. The van der Waals surface area contributed by atoms with Gasteiger partial charge < -0.3 is 4.74 Å². The Labute approximate surface area is 119 Å². The van der Waals surface area contributed by atoms with Gasteiger partial charge in [-0.25, -0.2) is 17.5 Å². The SMILES string of the molecule is CCNS(=O)(=O)[C@H]1CCOC[C@H]1Cc1ccccc1F. The van der Waals surface area contributed by atoms with E-state index in [9.17, 15) is 12.8 Å². The number of benzene rings is 1. The molecule has 0 amide bonds. The van der Waals surface area contributed by atoms with Gasteiger partial charge in [0.1, 0.15) is 5.82 Å². The van der Waals surface area contributed by atoms with Crippen molar-refractivity contribution in [2.75, 3.05) is 19.8 Å². The van der Waals surface area contributed by atoms with E-state index in [0.29, 0.717) is 38.2 Å². The summed E-state index contributed by atoms with van der Waals surface area (Å²) in [6.45, 7) is 2.90. The van der Waals surface area contributed by atoms with E-state index in [-0.39, 0.29) is 11.7 Å². The van der Waals surface area contributed by atoms with Crippen LogP contribution in [0, 0.1) is 11.7 Å². The zero-order chi connectivity index (χ0) is 14.6. The summed E-state index contributed by atoms with van der Waals surface area (Å²) < 4.78 is 46.1. The molecule has 2 atom stereocenters. The molecule has 0 saturated carbocycles. The molecule has 0 aromatic heterocycles. The number of sulfonamides is 1. The van der Waals surface area contributed by atoms with Crippen LogP contribution >= 0.6 is 0 Å². The molecule has 1 aliphatic heterocycles. The molecule has 1 heterocycles. The summed E-state index contributed by atoms with van der Waals surface area (Å²) in [5.41, 5.74) is 0.541. The van der Waals surface area contributed by atoms with Crippen LogP contribution in [0.25, 0.3) is 0 Å². The molecule has 0 unspecified atom stereocenters. The Morgan fingerprint density at radius 3 is 2.85 bits per heavy atom. The first-order valence-electron chi connectivity index (χ1n) is 6.84. The van der Waals surface area contributed by atoms with Crippen LogP contribution in [-0.2, 0) is 21.2 Å². The largest absolute Gasteiger partial charge is 0.381 e. The van der Waals surface area contributed by atoms with Gasteiger partial charge in [-0.1, -0.05) is 25.1 Å². The average molecular weight is 301 g/mol. The van der Waals surface area contributed by atoms with Gasteiger partial charge in [0.15, 0.2) is 0 Å². The standard InChI is InChI=1S/C14H20FNO3S/c1-2-16-20(17,18)14-7-8-19-10-12(14)9-11-5-3-4-6-13(11)15/h3-6,12,14,16H,2,7-10H2,1H3/t12-,14+/m1/s1. The molecule has 4 nitrogen and oxygen atoms in total. The summed E-state index contributed by atoms with van der Waals surface area (Å²) in [6.07, 6.45) is 0.830. The lowest BCUT2D eigenvalue weighted by Crippen LogP contribution is -2.44.